The Labute approximate surface area is 155 Å². The number of non-ortho nitro benzene ring substituents is 1. The molecule has 0 atom stereocenters. The molecular formula is C16H16ClN3O5S. The Bertz CT molecular complexity index is 945. The smallest absolute Gasteiger partial charge is 0.271 e. The fourth-order valence-corrected chi connectivity index (χ4v) is 3.38. The molecule has 0 saturated heterocycles. The molecule has 10 heteroatoms. The van der Waals surface area contributed by atoms with Gasteiger partial charge in [-0.25, -0.2) is 8.42 Å². The first kappa shape index (κ1) is 19.8. The van der Waals surface area contributed by atoms with Gasteiger partial charge in [0.15, 0.2) is 0 Å². The van der Waals surface area contributed by atoms with Crippen molar-refractivity contribution in [3.8, 4) is 0 Å². The van der Waals surface area contributed by atoms with Crippen LogP contribution in [0.15, 0.2) is 47.4 Å². The van der Waals surface area contributed by atoms with Crippen LogP contribution < -0.4 is 5.32 Å². The number of sulfonamides is 1. The lowest BCUT2D eigenvalue weighted by atomic mass is 10.2. The summed E-state index contributed by atoms with van der Waals surface area (Å²) in [6.45, 7) is 1.35. The summed E-state index contributed by atoms with van der Waals surface area (Å²) in [7, 11) is -2.58. The summed E-state index contributed by atoms with van der Waals surface area (Å²) < 4.78 is 25.8. The fourth-order valence-electron chi connectivity index (χ4n) is 2.09. The standard InChI is InChI=1S/C16H16ClN3O5S/c1-11-3-6-13(7-4-11)26(24,25)19(2)10-16(21)18-15-9-12(20(22)23)5-8-14(15)17/h3-9H,10H2,1-2H3,(H,18,21). The van der Waals surface area contributed by atoms with E-state index in [0.29, 0.717) is 0 Å². The number of nitro benzene ring substituents is 1. The molecule has 0 aliphatic heterocycles. The average Bonchev–Trinajstić information content (AvgIpc) is 2.56. The average molecular weight is 398 g/mol. The fraction of sp³-hybridized carbons (Fsp3) is 0.188. The van der Waals surface area contributed by atoms with Gasteiger partial charge in [-0.15, -0.1) is 0 Å². The lowest BCUT2D eigenvalue weighted by molar-refractivity contribution is -0.384. The molecule has 0 aliphatic carbocycles. The zero-order chi connectivity index (χ0) is 19.5. The molecule has 0 saturated carbocycles. The van der Waals surface area contributed by atoms with E-state index in [0.717, 1.165) is 15.9 Å². The summed E-state index contributed by atoms with van der Waals surface area (Å²) in [6.07, 6.45) is 0. The number of amides is 1. The van der Waals surface area contributed by atoms with Crippen molar-refractivity contribution < 1.29 is 18.1 Å². The number of hydrogen-bond acceptors (Lipinski definition) is 5. The van der Waals surface area contributed by atoms with Gasteiger partial charge in [-0.3, -0.25) is 14.9 Å². The molecule has 0 radical (unpaired) electrons. The van der Waals surface area contributed by atoms with Crippen molar-refractivity contribution in [2.45, 2.75) is 11.8 Å². The summed E-state index contributed by atoms with van der Waals surface area (Å²) in [5, 5.41) is 13.3. The van der Waals surface area contributed by atoms with Crippen molar-refractivity contribution in [2.24, 2.45) is 0 Å². The van der Waals surface area contributed by atoms with Crippen molar-refractivity contribution in [1.82, 2.24) is 4.31 Å². The second-order valence-electron chi connectivity index (χ2n) is 5.54. The first-order valence-corrected chi connectivity index (χ1v) is 9.20. The molecule has 0 bridgehead atoms. The molecule has 138 valence electrons. The number of hydrogen-bond donors (Lipinski definition) is 1. The van der Waals surface area contributed by atoms with Gasteiger partial charge in [-0.2, -0.15) is 4.31 Å². The maximum absolute atomic E-state index is 12.5. The largest absolute Gasteiger partial charge is 0.323 e. The number of likely N-dealkylation sites (N-methyl/N-ethyl adjacent to an activating group) is 1. The van der Waals surface area contributed by atoms with Crippen molar-refractivity contribution in [3.63, 3.8) is 0 Å². The molecule has 2 aromatic rings. The van der Waals surface area contributed by atoms with Gasteiger partial charge >= 0.3 is 0 Å². The van der Waals surface area contributed by atoms with Crippen LogP contribution in [0.2, 0.25) is 5.02 Å². The number of nitrogens with one attached hydrogen (secondary N) is 1. The second-order valence-corrected chi connectivity index (χ2v) is 8.00. The van der Waals surface area contributed by atoms with Crippen LogP contribution in [0, 0.1) is 17.0 Å². The number of anilines is 1. The molecule has 0 fully saturated rings. The van der Waals surface area contributed by atoms with Crippen LogP contribution >= 0.6 is 11.6 Å². The van der Waals surface area contributed by atoms with Gasteiger partial charge < -0.3 is 5.32 Å². The minimum Gasteiger partial charge on any atom is -0.323 e. The molecule has 0 unspecified atom stereocenters. The van der Waals surface area contributed by atoms with Crippen molar-refractivity contribution in [2.75, 3.05) is 18.9 Å². The lowest BCUT2D eigenvalue weighted by Gasteiger charge is -2.17. The van der Waals surface area contributed by atoms with Gasteiger partial charge in [0.2, 0.25) is 15.9 Å². The molecule has 0 spiro atoms. The molecule has 2 rings (SSSR count). The Morgan fingerprint density at radius 1 is 1.23 bits per heavy atom. The van der Waals surface area contributed by atoms with Gasteiger partial charge in [-0.1, -0.05) is 29.3 Å². The van der Waals surface area contributed by atoms with E-state index in [-0.39, 0.29) is 21.3 Å². The number of nitrogens with zero attached hydrogens (tertiary/aromatic N) is 2. The van der Waals surface area contributed by atoms with Crippen molar-refractivity contribution >= 4 is 38.9 Å². The normalized spacial score (nSPS) is 11.4. The first-order valence-electron chi connectivity index (χ1n) is 7.38. The topological polar surface area (TPSA) is 110 Å². The first-order chi connectivity index (χ1) is 12.1. The monoisotopic (exact) mass is 397 g/mol. The Hall–Kier alpha value is -2.49. The quantitative estimate of drug-likeness (QED) is 0.595. The lowest BCUT2D eigenvalue weighted by Crippen LogP contribution is -2.35. The molecule has 1 N–H and O–H groups in total. The van der Waals surface area contributed by atoms with Gasteiger partial charge in [0.1, 0.15) is 0 Å². The highest BCUT2D eigenvalue weighted by atomic mass is 35.5. The van der Waals surface area contributed by atoms with Crippen molar-refractivity contribution in [1.29, 1.82) is 0 Å². The van der Waals surface area contributed by atoms with E-state index in [1.165, 1.54) is 31.3 Å². The zero-order valence-electron chi connectivity index (χ0n) is 14.0. The van der Waals surface area contributed by atoms with Crippen LogP contribution in [-0.4, -0.2) is 37.1 Å². The number of rotatable bonds is 6. The molecule has 8 nitrogen and oxygen atoms in total. The van der Waals surface area contributed by atoms with Crippen LogP contribution in [0.5, 0.6) is 0 Å². The van der Waals surface area contributed by atoms with E-state index in [1.54, 1.807) is 12.1 Å². The third-order valence-electron chi connectivity index (χ3n) is 3.53. The number of nitro groups is 1. The highest BCUT2D eigenvalue weighted by Gasteiger charge is 2.23. The number of carbonyl (C=O) groups excluding carboxylic acids is 1. The Balaban J connectivity index is 2.13. The zero-order valence-corrected chi connectivity index (χ0v) is 15.5. The van der Waals surface area contributed by atoms with Gasteiger partial charge in [0.25, 0.3) is 5.69 Å². The molecule has 0 aliphatic rings. The van der Waals surface area contributed by atoms with Gasteiger partial charge in [0.05, 0.1) is 27.1 Å². The highest BCUT2D eigenvalue weighted by molar-refractivity contribution is 7.89. The van der Waals surface area contributed by atoms with E-state index in [2.05, 4.69) is 5.32 Å². The maximum atomic E-state index is 12.5. The predicted molar refractivity (Wildman–Crippen MR) is 97.7 cm³/mol. The second kappa shape index (κ2) is 7.81. The Morgan fingerprint density at radius 2 is 1.85 bits per heavy atom. The van der Waals surface area contributed by atoms with Crippen LogP contribution in [-0.2, 0) is 14.8 Å². The molecule has 0 heterocycles. The van der Waals surface area contributed by atoms with E-state index in [1.807, 2.05) is 6.92 Å². The van der Waals surface area contributed by atoms with Crippen LogP contribution in [0.1, 0.15) is 5.56 Å². The van der Waals surface area contributed by atoms with Gasteiger partial charge in [0, 0.05) is 19.2 Å². The Morgan fingerprint density at radius 3 is 2.42 bits per heavy atom. The number of carbonyl (C=O) groups is 1. The highest BCUT2D eigenvalue weighted by Crippen LogP contribution is 2.26. The minimum atomic E-state index is -3.84. The van der Waals surface area contributed by atoms with E-state index in [9.17, 15) is 23.3 Å². The summed E-state index contributed by atoms with van der Waals surface area (Å²) in [6, 6.07) is 9.81. The molecule has 0 aromatic heterocycles. The van der Waals surface area contributed by atoms with Crippen LogP contribution in [0.3, 0.4) is 0 Å². The molecule has 1 amide bonds. The third-order valence-corrected chi connectivity index (χ3v) is 5.68. The van der Waals surface area contributed by atoms with Gasteiger partial charge in [-0.05, 0) is 25.1 Å². The molecule has 26 heavy (non-hydrogen) atoms. The van der Waals surface area contributed by atoms with E-state index in [4.69, 9.17) is 11.6 Å². The van der Waals surface area contributed by atoms with Crippen LogP contribution in [0.25, 0.3) is 0 Å². The van der Waals surface area contributed by atoms with Crippen molar-refractivity contribution in [3.05, 3.63) is 63.2 Å². The third kappa shape index (κ3) is 4.57. The SMILES string of the molecule is Cc1ccc(S(=O)(=O)N(C)CC(=O)Nc2cc([N+](=O)[O-])ccc2Cl)cc1. The summed E-state index contributed by atoms with van der Waals surface area (Å²) >= 11 is 5.91. The summed E-state index contributed by atoms with van der Waals surface area (Å²) in [5.74, 6) is -0.675. The molecular weight excluding hydrogens is 382 g/mol. The Kier molecular flexibility index (Phi) is 5.96. The summed E-state index contributed by atoms with van der Waals surface area (Å²) in [5.41, 5.74) is 0.696. The number of halogens is 1. The van der Waals surface area contributed by atoms with Crippen LogP contribution in [0.4, 0.5) is 11.4 Å². The van der Waals surface area contributed by atoms with E-state index >= 15 is 0 Å². The number of benzene rings is 2. The van der Waals surface area contributed by atoms with E-state index < -0.39 is 27.4 Å². The number of aryl methyl sites for hydroxylation is 1. The summed E-state index contributed by atoms with van der Waals surface area (Å²) in [4.78, 5) is 22.4. The molecule has 2 aromatic carbocycles. The predicted octanol–water partition coefficient (Wildman–Crippen LogP) is 2.82. The minimum absolute atomic E-state index is 0.0343. The maximum Gasteiger partial charge on any atom is 0.271 e.